The van der Waals surface area contributed by atoms with Gasteiger partial charge in [-0.05, 0) is 20.4 Å². The number of rotatable bonds is 2. The van der Waals surface area contributed by atoms with Crippen LogP contribution in [0.5, 0.6) is 0 Å². The first-order valence-corrected chi connectivity index (χ1v) is 3.87. The van der Waals surface area contributed by atoms with Crippen molar-refractivity contribution in [2.75, 3.05) is 20.2 Å². The number of hydroxylamine groups is 2. The minimum Gasteiger partial charge on any atom is -0.309 e. The number of carbonyl (C=O) groups is 1. The fourth-order valence-corrected chi connectivity index (χ4v) is 0.961. The van der Waals surface area contributed by atoms with E-state index in [0.717, 1.165) is 13.0 Å². The average Bonchev–Trinajstić information content (AvgIpc) is 2.53. The second-order valence-electron chi connectivity index (χ2n) is 2.64. The van der Waals surface area contributed by atoms with Crippen LogP contribution in [-0.4, -0.2) is 37.2 Å². The van der Waals surface area contributed by atoms with Gasteiger partial charge in [-0.2, -0.15) is 0 Å². The van der Waals surface area contributed by atoms with E-state index in [1.54, 1.807) is 7.05 Å². The number of amides is 1. The van der Waals surface area contributed by atoms with Crippen molar-refractivity contribution >= 4 is 5.91 Å². The number of hydrogen-bond acceptors (Lipinski definition) is 3. The van der Waals surface area contributed by atoms with E-state index in [2.05, 4.69) is 5.32 Å². The summed E-state index contributed by atoms with van der Waals surface area (Å²) in [5, 5.41) is 4.30. The Morgan fingerprint density at radius 1 is 1.73 bits per heavy atom. The first kappa shape index (κ1) is 8.49. The third-order valence-electron chi connectivity index (χ3n) is 1.80. The van der Waals surface area contributed by atoms with Crippen LogP contribution in [0.15, 0.2) is 0 Å². The summed E-state index contributed by atoms with van der Waals surface area (Å²) in [6, 6.07) is -0.145. The van der Waals surface area contributed by atoms with Gasteiger partial charge >= 0.3 is 0 Å². The average molecular weight is 158 g/mol. The predicted molar refractivity (Wildman–Crippen MR) is 40.8 cm³/mol. The Kier molecular flexibility index (Phi) is 2.84. The Balaban J connectivity index is 2.39. The van der Waals surface area contributed by atoms with Gasteiger partial charge in [-0.1, -0.05) is 0 Å². The molecule has 1 unspecified atom stereocenters. The summed E-state index contributed by atoms with van der Waals surface area (Å²) in [4.78, 5) is 16.4. The van der Waals surface area contributed by atoms with Gasteiger partial charge in [0.1, 0.15) is 0 Å². The molecule has 0 aromatic heterocycles. The van der Waals surface area contributed by atoms with Crippen LogP contribution in [0.4, 0.5) is 0 Å². The Morgan fingerprint density at radius 3 is 2.91 bits per heavy atom. The largest absolute Gasteiger partial charge is 0.309 e. The van der Waals surface area contributed by atoms with Crippen molar-refractivity contribution < 1.29 is 9.63 Å². The summed E-state index contributed by atoms with van der Waals surface area (Å²) < 4.78 is 0. The number of nitrogens with one attached hydrogen (secondary N) is 1. The molecule has 1 heterocycles. The van der Waals surface area contributed by atoms with Gasteiger partial charge in [-0.3, -0.25) is 9.63 Å². The molecule has 1 aliphatic rings. The highest BCUT2D eigenvalue weighted by molar-refractivity contribution is 5.80. The lowest BCUT2D eigenvalue weighted by Gasteiger charge is -2.17. The summed E-state index contributed by atoms with van der Waals surface area (Å²) in [6.45, 7) is 3.22. The van der Waals surface area contributed by atoms with Crippen LogP contribution in [-0.2, 0) is 9.63 Å². The van der Waals surface area contributed by atoms with Gasteiger partial charge in [-0.25, -0.2) is 5.06 Å². The van der Waals surface area contributed by atoms with Crippen LogP contribution in [0.3, 0.4) is 0 Å². The molecule has 1 fully saturated rings. The Labute approximate surface area is 66.5 Å². The molecule has 0 saturated carbocycles. The first-order valence-electron chi connectivity index (χ1n) is 3.87. The van der Waals surface area contributed by atoms with Crippen molar-refractivity contribution in [1.82, 2.24) is 10.4 Å². The van der Waals surface area contributed by atoms with E-state index in [9.17, 15) is 4.79 Å². The predicted octanol–water partition coefficient (Wildman–Crippen LogP) is -0.242. The maximum atomic E-state index is 11.3. The van der Waals surface area contributed by atoms with Crippen LogP contribution in [0, 0.1) is 0 Å². The molecule has 0 bridgehead atoms. The van der Waals surface area contributed by atoms with E-state index in [-0.39, 0.29) is 11.9 Å². The SMILES string of the molecule is CNC(C)C(=O)N1CCCO1. The standard InChI is InChI=1S/C7H14N2O2/c1-6(8-2)7(10)9-4-3-5-11-9/h6,8H,3-5H2,1-2H3. The molecule has 11 heavy (non-hydrogen) atoms. The fourth-order valence-electron chi connectivity index (χ4n) is 0.961. The molecule has 4 nitrogen and oxygen atoms in total. The van der Waals surface area contributed by atoms with Crippen LogP contribution in [0.1, 0.15) is 13.3 Å². The van der Waals surface area contributed by atoms with Crippen molar-refractivity contribution in [1.29, 1.82) is 0 Å². The summed E-state index contributed by atoms with van der Waals surface area (Å²) in [5.41, 5.74) is 0. The molecule has 1 aliphatic heterocycles. The van der Waals surface area contributed by atoms with E-state index in [4.69, 9.17) is 4.84 Å². The highest BCUT2D eigenvalue weighted by Gasteiger charge is 2.22. The topological polar surface area (TPSA) is 41.6 Å². The molecule has 0 radical (unpaired) electrons. The smallest absolute Gasteiger partial charge is 0.262 e. The number of hydrogen-bond donors (Lipinski definition) is 1. The summed E-state index contributed by atoms with van der Waals surface area (Å²) >= 11 is 0. The maximum absolute atomic E-state index is 11.3. The Hall–Kier alpha value is -0.610. The van der Waals surface area contributed by atoms with Crippen molar-refractivity contribution in [3.63, 3.8) is 0 Å². The zero-order chi connectivity index (χ0) is 8.27. The van der Waals surface area contributed by atoms with Crippen molar-refractivity contribution in [2.45, 2.75) is 19.4 Å². The first-order chi connectivity index (χ1) is 5.25. The highest BCUT2D eigenvalue weighted by Crippen LogP contribution is 2.05. The van der Waals surface area contributed by atoms with Crippen LogP contribution < -0.4 is 5.32 Å². The van der Waals surface area contributed by atoms with Gasteiger partial charge < -0.3 is 5.32 Å². The number of likely N-dealkylation sites (N-methyl/N-ethyl adjacent to an activating group) is 1. The van der Waals surface area contributed by atoms with Gasteiger partial charge in [0.15, 0.2) is 0 Å². The maximum Gasteiger partial charge on any atom is 0.262 e. The third-order valence-corrected chi connectivity index (χ3v) is 1.80. The van der Waals surface area contributed by atoms with E-state index in [1.165, 1.54) is 5.06 Å². The lowest BCUT2D eigenvalue weighted by molar-refractivity contribution is -0.170. The van der Waals surface area contributed by atoms with Crippen LogP contribution in [0.25, 0.3) is 0 Å². The van der Waals surface area contributed by atoms with E-state index in [1.807, 2.05) is 6.92 Å². The zero-order valence-electron chi connectivity index (χ0n) is 6.96. The molecular formula is C7H14N2O2. The van der Waals surface area contributed by atoms with Crippen molar-refractivity contribution in [2.24, 2.45) is 0 Å². The quantitative estimate of drug-likeness (QED) is 0.603. The lowest BCUT2D eigenvalue weighted by Crippen LogP contribution is -2.41. The fraction of sp³-hybridized carbons (Fsp3) is 0.857. The molecule has 1 saturated heterocycles. The normalized spacial score (nSPS) is 20.4. The Morgan fingerprint density at radius 2 is 2.45 bits per heavy atom. The zero-order valence-corrected chi connectivity index (χ0v) is 6.96. The second kappa shape index (κ2) is 3.69. The number of carbonyl (C=O) groups excluding carboxylic acids is 1. The monoisotopic (exact) mass is 158 g/mol. The minimum absolute atomic E-state index is 0.0185. The Bertz CT molecular complexity index is 143. The van der Waals surface area contributed by atoms with Crippen LogP contribution >= 0.6 is 0 Å². The summed E-state index contributed by atoms with van der Waals surface area (Å²) in [5.74, 6) is 0.0185. The molecule has 0 aromatic carbocycles. The molecule has 1 amide bonds. The summed E-state index contributed by atoms with van der Waals surface area (Å²) in [6.07, 6.45) is 0.947. The molecule has 64 valence electrons. The molecule has 1 rings (SSSR count). The lowest BCUT2D eigenvalue weighted by atomic mass is 10.3. The highest BCUT2D eigenvalue weighted by atomic mass is 16.7. The summed E-state index contributed by atoms with van der Waals surface area (Å²) in [7, 11) is 1.76. The third kappa shape index (κ3) is 1.91. The van der Waals surface area contributed by atoms with Gasteiger partial charge in [0.05, 0.1) is 19.2 Å². The molecule has 0 spiro atoms. The minimum atomic E-state index is -0.145. The molecule has 1 atom stereocenters. The van der Waals surface area contributed by atoms with Crippen molar-refractivity contribution in [3.8, 4) is 0 Å². The van der Waals surface area contributed by atoms with Gasteiger partial charge in [-0.15, -0.1) is 0 Å². The van der Waals surface area contributed by atoms with E-state index >= 15 is 0 Å². The van der Waals surface area contributed by atoms with Crippen LogP contribution in [0.2, 0.25) is 0 Å². The molecule has 0 aliphatic carbocycles. The number of nitrogens with zero attached hydrogens (tertiary/aromatic N) is 1. The molecule has 0 aromatic rings. The molecular weight excluding hydrogens is 144 g/mol. The van der Waals surface area contributed by atoms with Gasteiger partial charge in [0.25, 0.3) is 5.91 Å². The van der Waals surface area contributed by atoms with E-state index < -0.39 is 0 Å². The van der Waals surface area contributed by atoms with Crippen molar-refractivity contribution in [3.05, 3.63) is 0 Å². The molecule has 4 heteroatoms. The van der Waals surface area contributed by atoms with E-state index in [0.29, 0.717) is 6.61 Å². The molecule has 1 N–H and O–H groups in total. The second-order valence-corrected chi connectivity index (χ2v) is 2.64. The van der Waals surface area contributed by atoms with Gasteiger partial charge in [0.2, 0.25) is 0 Å². The van der Waals surface area contributed by atoms with Gasteiger partial charge in [0, 0.05) is 0 Å².